The van der Waals surface area contributed by atoms with Gasteiger partial charge in [0.25, 0.3) is 0 Å². The van der Waals surface area contributed by atoms with Gasteiger partial charge >= 0.3 is 6.18 Å². The van der Waals surface area contributed by atoms with Gasteiger partial charge in [0.1, 0.15) is 0 Å². The van der Waals surface area contributed by atoms with Crippen LogP contribution in [0.5, 0.6) is 0 Å². The van der Waals surface area contributed by atoms with Gasteiger partial charge in [-0.3, -0.25) is 0 Å². The molecule has 2 unspecified atom stereocenters. The maximum atomic E-state index is 12.7. The summed E-state index contributed by atoms with van der Waals surface area (Å²) in [6.45, 7) is 7.18. The third-order valence-corrected chi connectivity index (χ3v) is 2.95. The van der Waals surface area contributed by atoms with Gasteiger partial charge in [-0.05, 0) is 19.4 Å². The van der Waals surface area contributed by atoms with Gasteiger partial charge < -0.3 is 10.1 Å². The molecule has 20 heavy (non-hydrogen) atoms. The average Bonchev–Trinajstić information content (AvgIpc) is 2.32. The van der Waals surface area contributed by atoms with Gasteiger partial charge in [-0.2, -0.15) is 13.2 Å². The van der Waals surface area contributed by atoms with Gasteiger partial charge in [0.2, 0.25) is 0 Å². The lowest BCUT2D eigenvalue weighted by atomic mass is 10.1. The molecule has 0 amide bonds. The van der Waals surface area contributed by atoms with Crippen molar-refractivity contribution >= 4 is 0 Å². The van der Waals surface area contributed by atoms with E-state index in [1.54, 1.807) is 6.07 Å². The van der Waals surface area contributed by atoms with E-state index in [1.165, 1.54) is 0 Å². The number of ether oxygens (including phenoxy) is 1. The highest BCUT2D eigenvalue weighted by Crippen LogP contribution is 2.28. The molecule has 0 fully saturated rings. The summed E-state index contributed by atoms with van der Waals surface area (Å²) < 4.78 is 43.2. The Morgan fingerprint density at radius 1 is 1.20 bits per heavy atom. The standard InChI is InChI=1S/C15H22F3NO/c1-10(2)19-9-14(20-12(4)15(16,17)18)13-7-5-6-11(3)8-13/h5-8,10,12,14,19H,9H2,1-4H3. The first kappa shape index (κ1) is 17.0. The van der Waals surface area contributed by atoms with Crippen LogP contribution < -0.4 is 5.32 Å². The molecule has 0 bridgehead atoms. The van der Waals surface area contributed by atoms with Crippen molar-refractivity contribution in [1.82, 2.24) is 5.32 Å². The van der Waals surface area contributed by atoms with Crippen LogP contribution in [0.15, 0.2) is 24.3 Å². The summed E-state index contributed by atoms with van der Waals surface area (Å²) in [6, 6.07) is 7.57. The third kappa shape index (κ3) is 5.51. The van der Waals surface area contributed by atoms with E-state index in [9.17, 15) is 13.2 Å². The molecule has 1 aromatic rings. The molecule has 2 nitrogen and oxygen atoms in total. The predicted molar refractivity (Wildman–Crippen MR) is 73.7 cm³/mol. The summed E-state index contributed by atoms with van der Waals surface area (Å²) in [5.74, 6) is 0. The van der Waals surface area contributed by atoms with Crippen molar-refractivity contribution in [2.75, 3.05) is 6.54 Å². The van der Waals surface area contributed by atoms with Crippen molar-refractivity contribution < 1.29 is 17.9 Å². The van der Waals surface area contributed by atoms with E-state index in [0.717, 1.165) is 18.1 Å². The molecule has 0 heterocycles. The first-order valence-corrected chi connectivity index (χ1v) is 6.72. The zero-order valence-electron chi connectivity index (χ0n) is 12.3. The lowest BCUT2D eigenvalue weighted by Gasteiger charge is -2.25. The molecule has 1 N–H and O–H groups in total. The SMILES string of the molecule is Cc1cccc(C(CNC(C)C)OC(C)C(F)(F)F)c1. The lowest BCUT2D eigenvalue weighted by Crippen LogP contribution is -2.35. The van der Waals surface area contributed by atoms with E-state index in [-0.39, 0.29) is 6.04 Å². The van der Waals surface area contributed by atoms with E-state index < -0.39 is 18.4 Å². The van der Waals surface area contributed by atoms with E-state index in [4.69, 9.17) is 4.74 Å². The number of halogens is 3. The van der Waals surface area contributed by atoms with Crippen LogP contribution in [0.1, 0.15) is 38.0 Å². The summed E-state index contributed by atoms with van der Waals surface area (Å²) in [5.41, 5.74) is 1.76. The molecule has 1 aromatic carbocycles. The molecule has 5 heteroatoms. The van der Waals surface area contributed by atoms with Crippen LogP contribution in [0.2, 0.25) is 0 Å². The van der Waals surface area contributed by atoms with Crippen molar-refractivity contribution in [1.29, 1.82) is 0 Å². The molecular formula is C15H22F3NO. The van der Waals surface area contributed by atoms with Crippen LogP contribution in [0.4, 0.5) is 13.2 Å². The van der Waals surface area contributed by atoms with Gasteiger partial charge in [-0.15, -0.1) is 0 Å². The fraction of sp³-hybridized carbons (Fsp3) is 0.600. The molecule has 0 saturated heterocycles. The third-order valence-electron chi connectivity index (χ3n) is 2.95. The first-order chi connectivity index (χ1) is 9.20. The van der Waals surface area contributed by atoms with E-state index in [0.29, 0.717) is 6.54 Å². The molecule has 0 saturated carbocycles. The van der Waals surface area contributed by atoms with E-state index in [1.807, 2.05) is 39.0 Å². The van der Waals surface area contributed by atoms with Crippen LogP contribution in [-0.2, 0) is 4.74 Å². The monoisotopic (exact) mass is 289 g/mol. The Hall–Kier alpha value is -1.07. The number of aryl methyl sites for hydroxylation is 1. The number of nitrogens with one attached hydrogen (secondary N) is 1. The van der Waals surface area contributed by atoms with Gasteiger partial charge in [0.15, 0.2) is 6.10 Å². The Balaban J connectivity index is 2.85. The van der Waals surface area contributed by atoms with Crippen molar-refractivity contribution in [2.45, 2.75) is 52.1 Å². The quantitative estimate of drug-likeness (QED) is 0.854. The van der Waals surface area contributed by atoms with E-state index in [2.05, 4.69) is 5.32 Å². The first-order valence-electron chi connectivity index (χ1n) is 6.72. The van der Waals surface area contributed by atoms with Crippen LogP contribution in [0.25, 0.3) is 0 Å². The summed E-state index contributed by atoms with van der Waals surface area (Å²) in [6.07, 6.45) is -6.75. The highest BCUT2D eigenvalue weighted by atomic mass is 19.4. The predicted octanol–water partition coefficient (Wildman–Crippen LogP) is 4.00. The molecule has 0 aliphatic carbocycles. The number of hydrogen-bond acceptors (Lipinski definition) is 2. The van der Waals surface area contributed by atoms with Crippen molar-refractivity contribution in [3.05, 3.63) is 35.4 Å². The minimum Gasteiger partial charge on any atom is -0.360 e. The highest BCUT2D eigenvalue weighted by Gasteiger charge is 2.38. The van der Waals surface area contributed by atoms with E-state index >= 15 is 0 Å². The van der Waals surface area contributed by atoms with Crippen molar-refractivity contribution in [3.63, 3.8) is 0 Å². The largest absolute Gasteiger partial charge is 0.414 e. The minimum atomic E-state index is -4.35. The minimum absolute atomic E-state index is 0.187. The summed E-state index contributed by atoms with van der Waals surface area (Å²) in [4.78, 5) is 0. The van der Waals surface area contributed by atoms with Gasteiger partial charge in [-0.1, -0.05) is 43.7 Å². The molecule has 0 radical (unpaired) electrons. The number of hydrogen-bond donors (Lipinski definition) is 1. The van der Waals surface area contributed by atoms with Gasteiger partial charge in [-0.25, -0.2) is 0 Å². The van der Waals surface area contributed by atoms with Crippen molar-refractivity contribution in [3.8, 4) is 0 Å². The Kier molecular flexibility index (Phi) is 6.02. The smallest absolute Gasteiger partial charge is 0.360 e. The van der Waals surface area contributed by atoms with Gasteiger partial charge in [0, 0.05) is 12.6 Å². The van der Waals surface area contributed by atoms with Crippen molar-refractivity contribution in [2.24, 2.45) is 0 Å². The summed E-state index contributed by atoms with van der Waals surface area (Å²) in [5, 5.41) is 3.13. The molecule has 114 valence electrons. The average molecular weight is 289 g/mol. The second-order valence-corrected chi connectivity index (χ2v) is 5.29. The van der Waals surface area contributed by atoms with Gasteiger partial charge in [0.05, 0.1) is 6.10 Å². The second kappa shape index (κ2) is 7.09. The highest BCUT2D eigenvalue weighted by molar-refractivity contribution is 5.24. The molecule has 0 spiro atoms. The Morgan fingerprint density at radius 3 is 2.35 bits per heavy atom. The van der Waals surface area contributed by atoms with Crippen LogP contribution in [0, 0.1) is 6.92 Å². The Morgan fingerprint density at radius 2 is 1.85 bits per heavy atom. The number of benzene rings is 1. The van der Waals surface area contributed by atoms with Crippen LogP contribution >= 0.6 is 0 Å². The van der Waals surface area contributed by atoms with Crippen LogP contribution in [0.3, 0.4) is 0 Å². The summed E-state index contributed by atoms with van der Waals surface area (Å²) in [7, 11) is 0. The molecule has 0 aliphatic rings. The molecule has 1 rings (SSSR count). The zero-order valence-corrected chi connectivity index (χ0v) is 12.3. The van der Waals surface area contributed by atoms with Crippen LogP contribution in [-0.4, -0.2) is 24.9 Å². The molecule has 0 aliphatic heterocycles. The topological polar surface area (TPSA) is 21.3 Å². The molecular weight excluding hydrogens is 267 g/mol. The lowest BCUT2D eigenvalue weighted by molar-refractivity contribution is -0.227. The molecule has 2 atom stereocenters. The Labute approximate surface area is 118 Å². The molecule has 0 aromatic heterocycles. The Bertz CT molecular complexity index is 418. The summed E-state index contributed by atoms with van der Waals surface area (Å²) >= 11 is 0. The fourth-order valence-electron chi connectivity index (χ4n) is 1.78. The maximum absolute atomic E-state index is 12.7. The normalized spacial score (nSPS) is 15.4. The number of alkyl halides is 3. The number of rotatable bonds is 6. The maximum Gasteiger partial charge on any atom is 0.414 e. The zero-order chi connectivity index (χ0) is 15.3. The second-order valence-electron chi connectivity index (χ2n) is 5.29. The fourth-order valence-corrected chi connectivity index (χ4v) is 1.78.